The molecule has 0 bridgehead atoms. The van der Waals surface area contributed by atoms with Gasteiger partial charge in [0.25, 0.3) is 0 Å². The summed E-state index contributed by atoms with van der Waals surface area (Å²) in [7, 11) is 0. The topological polar surface area (TPSA) is 51.5 Å². The van der Waals surface area contributed by atoms with Crippen molar-refractivity contribution in [2.24, 2.45) is 5.92 Å². The lowest BCUT2D eigenvalue weighted by molar-refractivity contribution is 0.0679. The summed E-state index contributed by atoms with van der Waals surface area (Å²) in [6.45, 7) is 6.18. The van der Waals surface area contributed by atoms with Crippen LogP contribution in [0.15, 0.2) is 12.3 Å². The van der Waals surface area contributed by atoms with Crippen molar-refractivity contribution in [2.45, 2.75) is 26.8 Å². The fraction of sp³-hybridized carbons (Fsp3) is 0.583. The lowest BCUT2D eigenvalue weighted by atomic mass is 10.1. The molecule has 0 amide bonds. The summed E-state index contributed by atoms with van der Waals surface area (Å²) in [6.07, 6.45) is 2.87. The molecule has 0 saturated carbocycles. The number of hydrogen-bond donors (Lipinski definition) is 1. The van der Waals surface area contributed by atoms with Crippen LogP contribution < -0.4 is 0 Å². The zero-order chi connectivity index (χ0) is 12.8. The summed E-state index contributed by atoms with van der Waals surface area (Å²) < 4.78 is 8.13. The number of carbonyl (C=O) groups is 1. The first-order valence-corrected chi connectivity index (χ1v) is 6.75. The normalized spacial score (nSPS) is 11.1. The summed E-state index contributed by atoms with van der Waals surface area (Å²) in [4.78, 5) is 10.9. The van der Waals surface area contributed by atoms with Crippen molar-refractivity contribution in [3.63, 3.8) is 0 Å². The van der Waals surface area contributed by atoms with E-state index in [-0.39, 0.29) is 0 Å². The van der Waals surface area contributed by atoms with Crippen molar-refractivity contribution in [2.75, 3.05) is 13.2 Å². The third-order valence-electron chi connectivity index (χ3n) is 2.40. The molecule has 0 aliphatic rings. The van der Waals surface area contributed by atoms with Gasteiger partial charge in [0, 0.05) is 22.9 Å². The van der Waals surface area contributed by atoms with E-state index in [0.717, 1.165) is 16.6 Å². The smallest absolute Gasteiger partial charge is 0.352 e. The summed E-state index contributed by atoms with van der Waals surface area (Å²) in [6, 6.07) is 1.66. The van der Waals surface area contributed by atoms with E-state index in [4.69, 9.17) is 9.84 Å². The molecular formula is C12H18INO3. The number of carboxylic acid groups (broad SMARTS) is 1. The quantitative estimate of drug-likeness (QED) is 0.607. The Kier molecular flexibility index (Phi) is 5.97. The third kappa shape index (κ3) is 5.08. The van der Waals surface area contributed by atoms with Crippen LogP contribution >= 0.6 is 22.6 Å². The highest BCUT2D eigenvalue weighted by Gasteiger charge is 2.10. The Labute approximate surface area is 115 Å². The molecule has 1 heterocycles. The maximum atomic E-state index is 10.9. The van der Waals surface area contributed by atoms with E-state index in [1.165, 1.54) is 0 Å². The molecule has 0 spiro atoms. The van der Waals surface area contributed by atoms with Gasteiger partial charge in [-0.3, -0.25) is 0 Å². The average molecular weight is 351 g/mol. The van der Waals surface area contributed by atoms with Gasteiger partial charge < -0.3 is 14.4 Å². The van der Waals surface area contributed by atoms with Gasteiger partial charge in [-0.15, -0.1) is 0 Å². The van der Waals surface area contributed by atoms with E-state index in [1.807, 2.05) is 6.20 Å². The maximum absolute atomic E-state index is 10.9. The number of carboxylic acids is 1. The number of ether oxygens (including phenoxy) is 1. The summed E-state index contributed by atoms with van der Waals surface area (Å²) in [5.74, 6) is -0.257. The number of hydrogen-bond acceptors (Lipinski definition) is 2. The van der Waals surface area contributed by atoms with Crippen LogP contribution in [-0.2, 0) is 11.3 Å². The standard InChI is InChI=1S/C12H18INO3/c1-9(2)3-5-17-6-4-14-8-10(13)7-11(14)12(15)16/h7-9H,3-6H2,1-2H3,(H,15,16). The van der Waals surface area contributed by atoms with Crippen molar-refractivity contribution in [1.29, 1.82) is 0 Å². The Morgan fingerprint density at radius 2 is 2.24 bits per heavy atom. The van der Waals surface area contributed by atoms with Crippen molar-refractivity contribution in [3.05, 3.63) is 21.5 Å². The largest absolute Gasteiger partial charge is 0.477 e. The molecule has 0 radical (unpaired) electrons. The Bertz CT molecular complexity index is 374. The molecular weight excluding hydrogens is 333 g/mol. The van der Waals surface area contributed by atoms with E-state index in [0.29, 0.717) is 24.8 Å². The average Bonchev–Trinajstić information content (AvgIpc) is 2.59. The Hall–Kier alpha value is -0.560. The van der Waals surface area contributed by atoms with E-state index in [2.05, 4.69) is 36.4 Å². The lowest BCUT2D eigenvalue weighted by Gasteiger charge is -2.08. The first kappa shape index (κ1) is 14.5. The van der Waals surface area contributed by atoms with Gasteiger partial charge in [0.15, 0.2) is 0 Å². The second-order valence-electron chi connectivity index (χ2n) is 4.34. The van der Waals surface area contributed by atoms with Gasteiger partial charge in [0.1, 0.15) is 5.69 Å². The third-order valence-corrected chi connectivity index (χ3v) is 2.99. The molecule has 0 aliphatic heterocycles. The molecule has 96 valence electrons. The van der Waals surface area contributed by atoms with Crippen LogP contribution in [0.2, 0.25) is 0 Å². The number of nitrogens with zero attached hydrogens (tertiary/aromatic N) is 1. The van der Waals surface area contributed by atoms with Crippen LogP contribution in [-0.4, -0.2) is 28.9 Å². The van der Waals surface area contributed by atoms with Crippen molar-refractivity contribution in [1.82, 2.24) is 4.57 Å². The van der Waals surface area contributed by atoms with Crippen LogP contribution in [0.3, 0.4) is 0 Å². The molecule has 0 aromatic carbocycles. The van der Waals surface area contributed by atoms with Gasteiger partial charge in [-0.25, -0.2) is 4.79 Å². The molecule has 1 N–H and O–H groups in total. The van der Waals surface area contributed by atoms with Crippen LogP contribution in [0.1, 0.15) is 30.8 Å². The first-order chi connectivity index (χ1) is 8.00. The molecule has 17 heavy (non-hydrogen) atoms. The fourth-order valence-electron chi connectivity index (χ4n) is 1.42. The second-order valence-corrected chi connectivity index (χ2v) is 5.58. The minimum atomic E-state index is -0.893. The number of rotatable bonds is 7. The van der Waals surface area contributed by atoms with Gasteiger partial charge in [-0.2, -0.15) is 0 Å². The van der Waals surface area contributed by atoms with Crippen molar-refractivity contribution < 1.29 is 14.6 Å². The van der Waals surface area contributed by atoms with Gasteiger partial charge in [-0.05, 0) is 41.0 Å². The first-order valence-electron chi connectivity index (χ1n) is 5.67. The highest BCUT2D eigenvalue weighted by atomic mass is 127. The van der Waals surface area contributed by atoms with Crippen molar-refractivity contribution >= 4 is 28.6 Å². The van der Waals surface area contributed by atoms with E-state index >= 15 is 0 Å². The second kappa shape index (κ2) is 7.00. The molecule has 5 heteroatoms. The molecule has 1 rings (SSSR count). The van der Waals surface area contributed by atoms with Gasteiger partial charge >= 0.3 is 5.97 Å². The molecule has 0 aliphatic carbocycles. The highest BCUT2D eigenvalue weighted by Crippen LogP contribution is 2.11. The Balaban J connectivity index is 2.38. The Morgan fingerprint density at radius 1 is 1.53 bits per heavy atom. The predicted octanol–water partition coefficient (Wildman–Crippen LogP) is 2.85. The van der Waals surface area contributed by atoms with E-state index < -0.39 is 5.97 Å². The van der Waals surface area contributed by atoms with Crippen molar-refractivity contribution in [3.8, 4) is 0 Å². The summed E-state index contributed by atoms with van der Waals surface area (Å²) >= 11 is 2.11. The molecule has 0 atom stereocenters. The minimum Gasteiger partial charge on any atom is -0.477 e. The van der Waals surface area contributed by atoms with Crippen LogP contribution in [0.25, 0.3) is 0 Å². The predicted molar refractivity (Wildman–Crippen MR) is 74.4 cm³/mol. The lowest BCUT2D eigenvalue weighted by Crippen LogP contribution is -2.12. The molecule has 1 aromatic heterocycles. The Morgan fingerprint density at radius 3 is 2.82 bits per heavy atom. The fourth-order valence-corrected chi connectivity index (χ4v) is 2.05. The van der Waals surface area contributed by atoms with E-state index in [1.54, 1.807) is 10.6 Å². The zero-order valence-corrected chi connectivity index (χ0v) is 12.3. The molecule has 0 unspecified atom stereocenters. The zero-order valence-electron chi connectivity index (χ0n) is 10.1. The number of aromatic carboxylic acids is 1. The van der Waals surface area contributed by atoms with Crippen LogP contribution in [0.4, 0.5) is 0 Å². The SMILES string of the molecule is CC(C)CCOCCn1cc(I)cc1C(=O)O. The summed E-state index contributed by atoms with van der Waals surface area (Å²) in [5, 5.41) is 8.99. The number of halogens is 1. The van der Waals surface area contributed by atoms with Crippen LogP contribution in [0.5, 0.6) is 0 Å². The maximum Gasteiger partial charge on any atom is 0.352 e. The molecule has 0 saturated heterocycles. The summed E-state index contributed by atoms with van der Waals surface area (Å²) in [5.41, 5.74) is 0.321. The molecule has 0 fully saturated rings. The van der Waals surface area contributed by atoms with E-state index in [9.17, 15) is 4.79 Å². The van der Waals surface area contributed by atoms with Gasteiger partial charge in [0.05, 0.1) is 6.61 Å². The molecule has 1 aromatic rings. The number of aromatic nitrogens is 1. The molecule has 4 nitrogen and oxygen atoms in total. The monoisotopic (exact) mass is 351 g/mol. The minimum absolute atomic E-state index is 0.321. The van der Waals surface area contributed by atoms with Crippen LogP contribution in [0, 0.1) is 9.49 Å². The highest BCUT2D eigenvalue weighted by molar-refractivity contribution is 14.1. The van der Waals surface area contributed by atoms with Gasteiger partial charge in [-0.1, -0.05) is 13.8 Å². The van der Waals surface area contributed by atoms with Gasteiger partial charge in [0.2, 0.25) is 0 Å².